The summed E-state index contributed by atoms with van der Waals surface area (Å²) in [6, 6.07) is 7.68. The molecule has 1 atom stereocenters. The quantitative estimate of drug-likeness (QED) is 0.821. The number of carboxylic acid groups (broad SMARTS) is 1. The van der Waals surface area contributed by atoms with Gasteiger partial charge in [-0.15, -0.1) is 0 Å². The molecule has 0 saturated carbocycles. The lowest BCUT2D eigenvalue weighted by Crippen LogP contribution is -2.37. The van der Waals surface area contributed by atoms with Crippen molar-refractivity contribution >= 4 is 5.97 Å². The first-order valence-corrected chi connectivity index (χ1v) is 5.37. The SMILES string of the molecule is CC(C)c1ccc(CC(C)(O)C(=O)O)cc1. The molecule has 0 spiro atoms. The highest BCUT2D eigenvalue weighted by Gasteiger charge is 2.29. The predicted molar refractivity (Wildman–Crippen MR) is 62.5 cm³/mol. The van der Waals surface area contributed by atoms with Gasteiger partial charge >= 0.3 is 5.97 Å². The summed E-state index contributed by atoms with van der Waals surface area (Å²) in [6.45, 7) is 5.51. The summed E-state index contributed by atoms with van der Waals surface area (Å²) in [7, 11) is 0. The second kappa shape index (κ2) is 4.66. The fourth-order valence-corrected chi connectivity index (χ4v) is 1.49. The third-order valence-corrected chi connectivity index (χ3v) is 2.66. The molecule has 3 nitrogen and oxygen atoms in total. The van der Waals surface area contributed by atoms with Crippen LogP contribution in [0.3, 0.4) is 0 Å². The topological polar surface area (TPSA) is 57.5 Å². The Morgan fingerprint density at radius 3 is 2.19 bits per heavy atom. The van der Waals surface area contributed by atoms with E-state index in [4.69, 9.17) is 5.11 Å². The van der Waals surface area contributed by atoms with E-state index in [1.54, 1.807) is 0 Å². The molecule has 1 aromatic rings. The Labute approximate surface area is 95.7 Å². The number of rotatable bonds is 4. The third-order valence-electron chi connectivity index (χ3n) is 2.66. The van der Waals surface area contributed by atoms with Gasteiger partial charge in [-0.2, -0.15) is 0 Å². The Morgan fingerprint density at radius 2 is 1.81 bits per heavy atom. The first kappa shape index (κ1) is 12.7. The normalized spacial score (nSPS) is 14.8. The van der Waals surface area contributed by atoms with E-state index in [9.17, 15) is 9.90 Å². The lowest BCUT2D eigenvalue weighted by atomic mass is 9.94. The molecule has 0 bridgehead atoms. The Hall–Kier alpha value is -1.35. The Morgan fingerprint density at radius 1 is 1.31 bits per heavy atom. The number of benzene rings is 1. The molecule has 1 aromatic carbocycles. The third kappa shape index (κ3) is 3.07. The van der Waals surface area contributed by atoms with Crippen molar-refractivity contribution < 1.29 is 15.0 Å². The predicted octanol–water partition coefficient (Wildman–Crippen LogP) is 2.19. The molecule has 0 fully saturated rings. The molecule has 0 aromatic heterocycles. The Bertz CT molecular complexity index is 363. The smallest absolute Gasteiger partial charge is 0.335 e. The van der Waals surface area contributed by atoms with Crippen LogP contribution in [-0.4, -0.2) is 21.8 Å². The van der Waals surface area contributed by atoms with Crippen molar-refractivity contribution in [3.8, 4) is 0 Å². The van der Waals surface area contributed by atoms with E-state index in [-0.39, 0.29) is 6.42 Å². The zero-order valence-corrected chi connectivity index (χ0v) is 9.90. The van der Waals surface area contributed by atoms with Gasteiger partial charge in [-0.3, -0.25) is 0 Å². The highest BCUT2D eigenvalue weighted by Crippen LogP contribution is 2.18. The van der Waals surface area contributed by atoms with Crippen molar-refractivity contribution in [3.63, 3.8) is 0 Å². The number of carboxylic acids is 1. The first-order valence-electron chi connectivity index (χ1n) is 5.37. The molecular weight excluding hydrogens is 204 g/mol. The second-order valence-corrected chi connectivity index (χ2v) is 4.65. The largest absolute Gasteiger partial charge is 0.479 e. The molecule has 88 valence electrons. The maximum Gasteiger partial charge on any atom is 0.335 e. The van der Waals surface area contributed by atoms with Crippen molar-refractivity contribution in [1.29, 1.82) is 0 Å². The number of aliphatic hydroxyl groups is 1. The molecule has 0 aliphatic rings. The standard InChI is InChI=1S/C13H18O3/c1-9(2)11-6-4-10(5-7-11)8-13(3,16)12(14)15/h4-7,9,16H,8H2,1-3H3,(H,14,15). The van der Waals surface area contributed by atoms with Gasteiger partial charge in [0.2, 0.25) is 0 Å². The maximum absolute atomic E-state index is 10.8. The van der Waals surface area contributed by atoms with Crippen LogP contribution >= 0.6 is 0 Å². The molecule has 1 unspecified atom stereocenters. The highest BCUT2D eigenvalue weighted by molar-refractivity contribution is 5.76. The summed E-state index contributed by atoms with van der Waals surface area (Å²) in [5.74, 6) is -0.741. The molecule has 0 heterocycles. The lowest BCUT2D eigenvalue weighted by molar-refractivity contribution is -0.156. The summed E-state index contributed by atoms with van der Waals surface area (Å²) >= 11 is 0. The van der Waals surface area contributed by atoms with E-state index in [1.165, 1.54) is 12.5 Å². The van der Waals surface area contributed by atoms with Crippen LogP contribution in [0.4, 0.5) is 0 Å². The van der Waals surface area contributed by atoms with Crippen LogP contribution in [0.5, 0.6) is 0 Å². The van der Waals surface area contributed by atoms with Gasteiger partial charge in [0, 0.05) is 6.42 Å². The molecular formula is C13H18O3. The average molecular weight is 222 g/mol. The summed E-state index contributed by atoms with van der Waals surface area (Å²) in [4.78, 5) is 10.8. The number of carbonyl (C=O) groups is 1. The minimum absolute atomic E-state index is 0.126. The van der Waals surface area contributed by atoms with Crippen molar-refractivity contribution in [3.05, 3.63) is 35.4 Å². The number of hydrogen-bond donors (Lipinski definition) is 2. The van der Waals surface area contributed by atoms with Crippen LogP contribution in [0.25, 0.3) is 0 Å². The van der Waals surface area contributed by atoms with Crippen LogP contribution in [-0.2, 0) is 11.2 Å². The zero-order valence-electron chi connectivity index (χ0n) is 9.90. The summed E-state index contributed by atoms with van der Waals surface area (Å²) in [5.41, 5.74) is 0.342. The van der Waals surface area contributed by atoms with Crippen molar-refractivity contribution in [2.24, 2.45) is 0 Å². The molecule has 3 heteroatoms. The Kier molecular flexibility index (Phi) is 3.70. The molecule has 0 radical (unpaired) electrons. The highest BCUT2D eigenvalue weighted by atomic mass is 16.4. The Balaban J connectivity index is 2.80. The molecule has 0 aliphatic carbocycles. The molecule has 0 aliphatic heterocycles. The van der Waals surface area contributed by atoms with Crippen LogP contribution in [0.15, 0.2) is 24.3 Å². The van der Waals surface area contributed by atoms with E-state index in [0.29, 0.717) is 5.92 Å². The first-order chi connectivity index (χ1) is 7.33. The summed E-state index contributed by atoms with van der Waals surface area (Å²) in [5, 5.41) is 18.4. The maximum atomic E-state index is 10.8. The van der Waals surface area contributed by atoms with E-state index >= 15 is 0 Å². The molecule has 2 N–H and O–H groups in total. The summed E-state index contributed by atoms with van der Waals surface area (Å²) in [6.07, 6.45) is 0.126. The van der Waals surface area contributed by atoms with Crippen LogP contribution < -0.4 is 0 Å². The van der Waals surface area contributed by atoms with Crippen LogP contribution in [0.1, 0.15) is 37.8 Å². The van der Waals surface area contributed by atoms with Gasteiger partial charge in [0.25, 0.3) is 0 Å². The second-order valence-electron chi connectivity index (χ2n) is 4.65. The number of aliphatic carboxylic acids is 1. The lowest BCUT2D eigenvalue weighted by Gasteiger charge is -2.18. The van der Waals surface area contributed by atoms with E-state index < -0.39 is 11.6 Å². The zero-order chi connectivity index (χ0) is 12.3. The summed E-state index contributed by atoms with van der Waals surface area (Å²) < 4.78 is 0. The minimum Gasteiger partial charge on any atom is -0.479 e. The van der Waals surface area contributed by atoms with E-state index in [1.807, 2.05) is 24.3 Å². The van der Waals surface area contributed by atoms with Gasteiger partial charge in [-0.1, -0.05) is 38.1 Å². The minimum atomic E-state index is -1.70. The monoisotopic (exact) mass is 222 g/mol. The van der Waals surface area contributed by atoms with E-state index in [0.717, 1.165) is 5.56 Å². The van der Waals surface area contributed by atoms with Crippen molar-refractivity contribution in [2.75, 3.05) is 0 Å². The van der Waals surface area contributed by atoms with Gasteiger partial charge < -0.3 is 10.2 Å². The number of hydrogen-bond acceptors (Lipinski definition) is 2. The van der Waals surface area contributed by atoms with Gasteiger partial charge in [0.05, 0.1) is 0 Å². The van der Waals surface area contributed by atoms with Gasteiger partial charge in [0.1, 0.15) is 0 Å². The molecule has 0 amide bonds. The van der Waals surface area contributed by atoms with Crippen LogP contribution in [0, 0.1) is 0 Å². The fraction of sp³-hybridized carbons (Fsp3) is 0.462. The molecule has 0 saturated heterocycles. The van der Waals surface area contributed by atoms with Crippen molar-refractivity contribution in [1.82, 2.24) is 0 Å². The van der Waals surface area contributed by atoms with Crippen LogP contribution in [0.2, 0.25) is 0 Å². The van der Waals surface area contributed by atoms with Crippen molar-refractivity contribution in [2.45, 2.75) is 38.7 Å². The van der Waals surface area contributed by atoms with E-state index in [2.05, 4.69) is 13.8 Å². The average Bonchev–Trinajstić information content (AvgIpc) is 2.17. The molecule has 1 rings (SSSR count). The molecule has 16 heavy (non-hydrogen) atoms. The fourth-order valence-electron chi connectivity index (χ4n) is 1.49. The van der Waals surface area contributed by atoms with Gasteiger partial charge in [-0.05, 0) is 24.0 Å². The van der Waals surface area contributed by atoms with Gasteiger partial charge in [-0.25, -0.2) is 4.79 Å². The van der Waals surface area contributed by atoms with Gasteiger partial charge in [0.15, 0.2) is 5.60 Å².